The first-order valence-corrected chi connectivity index (χ1v) is 5.24. The Morgan fingerprint density at radius 2 is 2.20 bits per heavy atom. The third-order valence-corrected chi connectivity index (χ3v) is 2.08. The summed E-state index contributed by atoms with van der Waals surface area (Å²) in [6, 6.07) is 8.03. The standard InChI is InChI=1S/C12H17NO2/c1-3-10-6-5-7-11(8-10)13-9-12(14)15-4-2/h5-8,13H,3-4,9H2,1-2H3. The van der Waals surface area contributed by atoms with Gasteiger partial charge >= 0.3 is 5.97 Å². The molecule has 15 heavy (non-hydrogen) atoms. The van der Waals surface area contributed by atoms with Crippen molar-refractivity contribution in [2.75, 3.05) is 18.5 Å². The average Bonchev–Trinajstić information content (AvgIpc) is 2.27. The predicted molar refractivity (Wildman–Crippen MR) is 60.9 cm³/mol. The number of carbonyl (C=O) groups excluding carboxylic acids is 1. The Hall–Kier alpha value is -1.51. The number of benzene rings is 1. The average molecular weight is 207 g/mol. The Morgan fingerprint density at radius 1 is 1.40 bits per heavy atom. The molecule has 0 aliphatic carbocycles. The SMILES string of the molecule is CCOC(=O)CNc1cccc(CC)c1. The Kier molecular flexibility index (Phi) is 4.68. The van der Waals surface area contributed by atoms with Crippen molar-refractivity contribution < 1.29 is 9.53 Å². The van der Waals surface area contributed by atoms with Gasteiger partial charge in [-0.2, -0.15) is 0 Å². The molecule has 0 amide bonds. The first kappa shape index (κ1) is 11.6. The van der Waals surface area contributed by atoms with Crippen LogP contribution in [0, 0.1) is 0 Å². The Bertz CT molecular complexity index is 323. The van der Waals surface area contributed by atoms with Crippen LogP contribution in [-0.4, -0.2) is 19.1 Å². The van der Waals surface area contributed by atoms with E-state index in [0.717, 1.165) is 12.1 Å². The highest BCUT2D eigenvalue weighted by atomic mass is 16.5. The van der Waals surface area contributed by atoms with Crippen molar-refractivity contribution in [2.24, 2.45) is 0 Å². The zero-order valence-corrected chi connectivity index (χ0v) is 9.25. The number of ether oxygens (including phenoxy) is 1. The van der Waals surface area contributed by atoms with Crippen molar-refractivity contribution in [1.82, 2.24) is 0 Å². The predicted octanol–water partition coefficient (Wildman–Crippen LogP) is 2.22. The van der Waals surface area contributed by atoms with Gasteiger partial charge < -0.3 is 10.1 Å². The van der Waals surface area contributed by atoms with Crippen LogP contribution in [0.1, 0.15) is 19.4 Å². The van der Waals surface area contributed by atoms with Gasteiger partial charge in [-0.1, -0.05) is 19.1 Å². The molecule has 0 radical (unpaired) electrons. The van der Waals surface area contributed by atoms with E-state index in [9.17, 15) is 4.79 Å². The molecule has 0 saturated heterocycles. The molecule has 0 bridgehead atoms. The van der Waals surface area contributed by atoms with Crippen molar-refractivity contribution in [3.05, 3.63) is 29.8 Å². The number of nitrogens with one attached hydrogen (secondary N) is 1. The third-order valence-electron chi connectivity index (χ3n) is 2.08. The first-order chi connectivity index (χ1) is 7.26. The summed E-state index contributed by atoms with van der Waals surface area (Å²) in [7, 11) is 0. The molecule has 0 unspecified atom stereocenters. The molecule has 0 atom stereocenters. The van der Waals surface area contributed by atoms with Crippen LogP contribution in [0.15, 0.2) is 24.3 Å². The Labute approximate surface area is 90.4 Å². The van der Waals surface area contributed by atoms with Crippen LogP contribution in [-0.2, 0) is 16.0 Å². The van der Waals surface area contributed by atoms with Crippen LogP contribution < -0.4 is 5.32 Å². The van der Waals surface area contributed by atoms with Crippen molar-refractivity contribution in [3.63, 3.8) is 0 Å². The van der Waals surface area contributed by atoms with E-state index in [4.69, 9.17) is 4.74 Å². The van der Waals surface area contributed by atoms with Crippen molar-refractivity contribution in [2.45, 2.75) is 20.3 Å². The summed E-state index contributed by atoms with van der Waals surface area (Å²) in [6.45, 7) is 4.55. The molecule has 1 aromatic rings. The normalized spacial score (nSPS) is 9.73. The molecule has 3 nitrogen and oxygen atoms in total. The summed E-state index contributed by atoms with van der Waals surface area (Å²) < 4.78 is 4.82. The lowest BCUT2D eigenvalue weighted by atomic mass is 10.1. The Balaban J connectivity index is 2.46. The number of rotatable bonds is 5. The van der Waals surface area contributed by atoms with Crippen molar-refractivity contribution in [1.29, 1.82) is 0 Å². The minimum Gasteiger partial charge on any atom is -0.465 e. The topological polar surface area (TPSA) is 38.3 Å². The third kappa shape index (κ3) is 4.02. The molecule has 0 spiro atoms. The van der Waals surface area contributed by atoms with Crippen LogP contribution in [0.5, 0.6) is 0 Å². The van der Waals surface area contributed by atoms with E-state index in [2.05, 4.69) is 18.3 Å². The fourth-order valence-corrected chi connectivity index (χ4v) is 1.29. The maximum absolute atomic E-state index is 11.1. The fourth-order valence-electron chi connectivity index (χ4n) is 1.29. The number of carbonyl (C=O) groups is 1. The number of hydrogen-bond acceptors (Lipinski definition) is 3. The lowest BCUT2D eigenvalue weighted by molar-refractivity contribution is -0.140. The van der Waals surface area contributed by atoms with Crippen molar-refractivity contribution in [3.8, 4) is 0 Å². The van der Waals surface area contributed by atoms with E-state index in [1.807, 2.05) is 18.2 Å². The number of aryl methyl sites for hydroxylation is 1. The fraction of sp³-hybridized carbons (Fsp3) is 0.417. The van der Waals surface area contributed by atoms with Gasteiger partial charge in [-0.3, -0.25) is 4.79 Å². The van der Waals surface area contributed by atoms with E-state index in [1.54, 1.807) is 6.92 Å². The summed E-state index contributed by atoms with van der Waals surface area (Å²) in [6.07, 6.45) is 0.995. The minimum atomic E-state index is -0.223. The summed E-state index contributed by atoms with van der Waals surface area (Å²) in [5, 5.41) is 3.03. The van der Waals surface area contributed by atoms with Crippen LogP contribution in [0.2, 0.25) is 0 Å². The van der Waals surface area contributed by atoms with Crippen molar-refractivity contribution >= 4 is 11.7 Å². The van der Waals surface area contributed by atoms with E-state index >= 15 is 0 Å². The number of anilines is 1. The van der Waals surface area contributed by atoms with Gasteiger partial charge in [0.25, 0.3) is 0 Å². The number of hydrogen-bond donors (Lipinski definition) is 1. The van der Waals surface area contributed by atoms with Crippen LogP contribution >= 0.6 is 0 Å². The largest absolute Gasteiger partial charge is 0.465 e. The molecule has 1 aromatic carbocycles. The van der Waals surface area contributed by atoms with Gasteiger partial charge in [-0.15, -0.1) is 0 Å². The smallest absolute Gasteiger partial charge is 0.325 e. The molecule has 0 aliphatic heterocycles. The molecule has 82 valence electrons. The summed E-state index contributed by atoms with van der Waals surface area (Å²) in [4.78, 5) is 11.1. The molecule has 1 rings (SSSR count). The molecular weight excluding hydrogens is 190 g/mol. The van der Waals surface area contributed by atoms with Gasteiger partial charge in [0.1, 0.15) is 6.54 Å². The zero-order chi connectivity index (χ0) is 11.1. The maximum atomic E-state index is 11.1. The van der Waals surface area contributed by atoms with E-state index < -0.39 is 0 Å². The van der Waals surface area contributed by atoms with Crippen LogP contribution in [0.3, 0.4) is 0 Å². The summed E-state index contributed by atoms with van der Waals surface area (Å²) in [5.41, 5.74) is 2.21. The van der Waals surface area contributed by atoms with E-state index in [0.29, 0.717) is 6.61 Å². The van der Waals surface area contributed by atoms with Gasteiger partial charge in [-0.25, -0.2) is 0 Å². The number of esters is 1. The lowest BCUT2D eigenvalue weighted by Gasteiger charge is -2.07. The van der Waals surface area contributed by atoms with Gasteiger partial charge in [0.15, 0.2) is 0 Å². The van der Waals surface area contributed by atoms with E-state index in [1.165, 1.54) is 5.56 Å². The second kappa shape index (κ2) is 6.06. The highest BCUT2D eigenvalue weighted by Gasteiger charge is 2.00. The maximum Gasteiger partial charge on any atom is 0.325 e. The molecule has 0 aromatic heterocycles. The molecule has 0 fully saturated rings. The van der Waals surface area contributed by atoms with E-state index in [-0.39, 0.29) is 12.5 Å². The Morgan fingerprint density at radius 3 is 2.87 bits per heavy atom. The van der Waals surface area contributed by atoms with Gasteiger partial charge in [0.05, 0.1) is 6.61 Å². The monoisotopic (exact) mass is 207 g/mol. The summed E-state index contributed by atoms with van der Waals surface area (Å²) >= 11 is 0. The first-order valence-electron chi connectivity index (χ1n) is 5.24. The highest BCUT2D eigenvalue weighted by Crippen LogP contribution is 2.10. The molecular formula is C12H17NO2. The summed E-state index contributed by atoms with van der Waals surface area (Å²) in [5.74, 6) is -0.223. The van der Waals surface area contributed by atoms with Crippen LogP contribution in [0.25, 0.3) is 0 Å². The lowest BCUT2D eigenvalue weighted by Crippen LogP contribution is -2.16. The molecule has 0 heterocycles. The van der Waals surface area contributed by atoms with Crippen LogP contribution in [0.4, 0.5) is 5.69 Å². The molecule has 0 saturated carbocycles. The van der Waals surface area contributed by atoms with Gasteiger partial charge in [0.2, 0.25) is 0 Å². The highest BCUT2D eigenvalue weighted by molar-refractivity contribution is 5.74. The zero-order valence-electron chi connectivity index (χ0n) is 9.25. The quantitative estimate of drug-likeness (QED) is 0.752. The minimum absolute atomic E-state index is 0.223. The van der Waals surface area contributed by atoms with Gasteiger partial charge in [0, 0.05) is 5.69 Å². The molecule has 0 aliphatic rings. The molecule has 3 heteroatoms. The second-order valence-corrected chi connectivity index (χ2v) is 3.21. The molecule has 1 N–H and O–H groups in total. The van der Waals surface area contributed by atoms with Gasteiger partial charge in [-0.05, 0) is 31.0 Å². The second-order valence-electron chi connectivity index (χ2n) is 3.21.